The Balaban J connectivity index is 0.000000149. The maximum atomic E-state index is 10.1. The van der Waals surface area contributed by atoms with Crippen molar-refractivity contribution in [1.82, 2.24) is 14.9 Å². The number of likely N-dealkylation sites (N-methyl/N-ethyl adjacent to an activating group) is 1. The lowest BCUT2D eigenvalue weighted by molar-refractivity contribution is 0.00274. The van der Waals surface area contributed by atoms with Crippen LogP contribution in [-0.4, -0.2) is 61.8 Å². The van der Waals surface area contributed by atoms with Gasteiger partial charge >= 0.3 is 11.9 Å². The van der Waals surface area contributed by atoms with Crippen molar-refractivity contribution in [2.75, 3.05) is 13.6 Å². The van der Waals surface area contributed by atoms with E-state index in [1.165, 1.54) is 80.7 Å². The van der Waals surface area contributed by atoms with Crippen molar-refractivity contribution in [2.45, 2.75) is 50.0 Å². The number of fused-ring (bicyclic) bond motifs is 1. The maximum absolute atomic E-state index is 10.1. The van der Waals surface area contributed by atoms with Gasteiger partial charge in [-0.15, -0.1) is 0 Å². The number of aromatic carboxylic acids is 2. The Morgan fingerprint density at radius 3 is 2.11 bits per heavy atom. The maximum Gasteiger partial charge on any atom is 0.354 e. The van der Waals surface area contributed by atoms with Gasteiger partial charge in [0.1, 0.15) is 17.1 Å². The van der Waals surface area contributed by atoms with Crippen LogP contribution in [0.2, 0.25) is 0 Å². The highest BCUT2D eigenvalue weighted by Gasteiger charge is 2.53. The smallest absolute Gasteiger partial charge is 0.354 e. The van der Waals surface area contributed by atoms with Gasteiger partial charge in [0.05, 0.1) is 0 Å². The fourth-order valence-corrected chi connectivity index (χ4v) is 6.16. The van der Waals surface area contributed by atoms with Crippen LogP contribution in [0.3, 0.4) is 0 Å². The molecule has 0 spiro atoms. The van der Waals surface area contributed by atoms with Crippen molar-refractivity contribution >= 4 is 11.9 Å². The Kier molecular flexibility index (Phi) is 8.18. The Morgan fingerprint density at radius 1 is 0.919 bits per heavy atom. The summed E-state index contributed by atoms with van der Waals surface area (Å²) in [7, 11) is 2.30. The zero-order valence-corrected chi connectivity index (χ0v) is 21.0. The van der Waals surface area contributed by atoms with Gasteiger partial charge in [0.15, 0.2) is 0 Å². The standard InChI is InChI=1S/C17H23NO.2C6H5NO2/c1-18-9-8-17-7-3-2-4-14(17)16(18)10-12-5-6-13(19)11-15(12)17;2*8-6(9)5-3-1-2-4-7-5/h5-6,11,14,16,19H,2-4,7-10H2,1H3;2*1-4H,(H,8,9)/t14-,16+,17+;;/m0../s1. The minimum atomic E-state index is -0.990. The number of rotatable bonds is 2. The molecule has 3 aliphatic rings. The fourth-order valence-electron chi connectivity index (χ4n) is 6.16. The molecule has 1 saturated heterocycles. The number of carbonyl (C=O) groups is 2. The molecule has 2 aliphatic carbocycles. The summed E-state index contributed by atoms with van der Waals surface area (Å²) >= 11 is 0. The third kappa shape index (κ3) is 5.80. The van der Waals surface area contributed by atoms with Gasteiger partial charge in [-0.25, -0.2) is 19.6 Å². The number of phenolic OH excluding ortho intramolecular Hbond substituents is 1. The molecule has 1 aliphatic heterocycles. The van der Waals surface area contributed by atoms with Crippen LogP contribution in [0.5, 0.6) is 5.75 Å². The van der Waals surface area contributed by atoms with Crippen molar-refractivity contribution in [3.63, 3.8) is 0 Å². The molecular weight excluding hydrogens is 470 g/mol. The topological polar surface area (TPSA) is 124 Å². The zero-order valence-electron chi connectivity index (χ0n) is 21.0. The first-order valence-corrected chi connectivity index (χ1v) is 12.6. The quantitative estimate of drug-likeness (QED) is 0.462. The van der Waals surface area contributed by atoms with Crippen molar-refractivity contribution < 1.29 is 24.9 Å². The van der Waals surface area contributed by atoms with Gasteiger partial charge in [-0.3, -0.25) is 0 Å². The third-order valence-corrected chi connectivity index (χ3v) is 7.87. The number of pyridine rings is 2. The number of piperidine rings is 1. The molecule has 8 heteroatoms. The second-order valence-electron chi connectivity index (χ2n) is 9.89. The summed E-state index contributed by atoms with van der Waals surface area (Å²) in [6.45, 7) is 1.22. The molecule has 0 unspecified atom stereocenters. The number of hydrogen-bond acceptors (Lipinski definition) is 6. The molecule has 3 atom stereocenters. The molecule has 2 fully saturated rings. The SMILES string of the molecule is CN1CC[C@]23CCCC[C@H]2[C@H]1Cc1ccc(O)cc13.O=C(O)c1ccccn1.O=C(O)c1ccccn1. The second kappa shape index (κ2) is 11.5. The van der Waals surface area contributed by atoms with Crippen LogP contribution >= 0.6 is 0 Å². The lowest BCUT2D eigenvalue weighted by Crippen LogP contribution is -2.59. The van der Waals surface area contributed by atoms with Gasteiger partial charge in [-0.05, 0) is 92.7 Å². The van der Waals surface area contributed by atoms with Crippen molar-refractivity contribution in [3.8, 4) is 5.75 Å². The molecule has 0 amide bonds. The number of aromatic hydroxyl groups is 1. The largest absolute Gasteiger partial charge is 0.508 e. The predicted octanol–water partition coefficient (Wildman–Crippen LogP) is 4.64. The van der Waals surface area contributed by atoms with Crippen LogP contribution in [0.4, 0.5) is 0 Å². The minimum Gasteiger partial charge on any atom is -0.508 e. The first-order chi connectivity index (χ1) is 17.8. The Morgan fingerprint density at radius 2 is 1.57 bits per heavy atom. The summed E-state index contributed by atoms with van der Waals surface area (Å²) < 4.78 is 0. The number of benzene rings is 1. The van der Waals surface area contributed by atoms with Gasteiger partial charge < -0.3 is 20.2 Å². The number of aromatic nitrogens is 2. The summed E-state index contributed by atoms with van der Waals surface area (Å²) in [5.41, 5.74) is 3.52. The number of carboxylic acids is 2. The number of nitrogens with zero attached hydrogens (tertiary/aromatic N) is 3. The summed E-state index contributed by atoms with van der Waals surface area (Å²) in [6, 6.07) is 16.4. The van der Waals surface area contributed by atoms with Crippen molar-refractivity contribution in [3.05, 3.63) is 89.5 Å². The van der Waals surface area contributed by atoms with Gasteiger partial charge in [0, 0.05) is 23.9 Å². The van der Waals surface area contributed by atoms with E-state index in [0.717, 1.165) is 12.0 Å². The van der Waals surface area contributed by atoms with Crippen LogP contribution in [0, 0.1) is 5.92 Å². The summed E-state index contributed by atoms with van der Waals surface area (Å²) in [4.78, 5) is 30.0. The molecule has 1 aromatic carbocycles. The molecule has 8 nitrogen and oxygen atoms in total. The van der Waals surface area contributed by atoms with E-state index in [-0.39, 0.29) is 11.4 Å². The van der Waals surface area contributed by atoms with Gasteiger partial charge in [0.2, 0.25) is 0 Å². The minimum absolute atomic E-state index is 0.0810. The first kappa shape index (κ1) is 26.3. The summed E-state index contributed by atoms with van der Waals surface area (Å²) in [5, 5.41) is 26.6. The van der Waals surface area contributed by atoms with Crippen molar-refractivity contribution in [2.24, 2.45) is 5.92 Å². The van der Waals surface area contributed by atoms with Gasteiger partial charge in [0.25, 0.3) is 0 Å². The highest BCUT2D eigenvalue weighted by atomic mass is 16.4. The number of phenols is 1. The van der Waals surface area contributed by atoms with Crippen molar-refractivity contribution in [1.29, 1.82) is 0 Å². The van der Waals surface area contributed by atoms with E-state index >= 15 is 0 Å². The number of likely N-dealkylation sites (tertiary alicyclic amines) is 1. The molecule has 3 N–H and O–H groups in total. The van der Waals surface area contributed by atoms with Gasteiger partial charge in [-0.1, -0.05) is 31.0 Å². The zero-order chi connectivity index (χ0) is 26.4. The number of hydrogen-bond donors (Lipinski definition) is 3. The Labute approximate surface area is 216 Å². The highest BCUT2D eigenvalue weighted by Crippen LogP contribution is 2.55. The molecule has 37 heavy (non-hydrogen) atoms. The molecule has 3 aromatic rings. The molecule has 2 bridgehead atoms. The summed E-state index contributed by atoms with van der Waals surface area (Å²) in [5.74, 6) is -0.713. The molecule has 194 valence electrons. The Hall–Kier alpha value is -3.78. The lowest BCUT2D eigenvalue weighted by atomic mass is 9.52. The lowest BCUT2D eigenvalue weighted by Gasteiger charge is -2.58. The van der Waals surface area contributed by atoms with E-state index in [1.807, 2.05) is 6.07 Å². The van der Waals surface area contributed by atoms with Crippen LogP contribution in [-0.2, 0) is 11.8 Å². The predicted molar refractivity (Wildman–Crippen MR) is 139 cm³/mol. The van der Waals surface area contributed by atoms with Crippen LogP contribution in [0.15, 0.2) is 67.0 Å². The molecule has 1 saturated carbocycles. The Bertz CT molecular complexity index is 1170. The molecule has 3 heterocycles. The van der Waals surface area contributed by atoms with Crippen LogP contribution < -0.4 is 0 Å². The highest BCUT2D eigenvalue weighted by molar-refractivity contribution is 5.85. The third-order valence-electron chi connectivity index (χ3n) is 7.87. The molecular formula is C29H33N3O5. The van der Waals surface area contributed by atoms with E-state index in [2.05, 4.69) is 34.0 Å². The second-order valence-corrected chi connectivity index (χ2v) is 9.89. The van der Waals surface area contributed by atoms with Crippen LogP contribution in [0.25, 0.3) is 0 Å². The fraction of sp³-hybridized carbons (Fsp3) is 0.379. The molecule has 6 rings (SSSR count). The van der Waals surface area contributed by atoms with Crippen LogP contribution in [0.1, 0.15) is 64.2 Å². The molecule has 0 radical (unpaired) electrons. The van der Waals surface area contributed by atoms with Gasteiger partial charge in [-0.2, -0.15) is 0 Å². The average Bonchev–Trinajstić information content (AvgIpc) is 2.93. The normalized spacial score (nSPS) is 23.6. The molecule has 2 aromatic heterocycles. The van der Waals surface area contributed by atoms with E-state index < -0.39 is 11.9 Å². The average molecular weight is 504 g/mol. The monoisotopic (exact) mass is 503 g/mol. The van der Waals surface area contributed by atoms with E-state index in [1.54, 1.807) is 24.3 Å². The van der Waals surface area contributed by atoms with E-state index in [9.17, 15) is 14.7 Å². The number of carboxylic acid groups (broad SMARTS) is 2. The van der Waals surface area contributed by atoms with E-state index in [4.69, 9.17) is 10.2 Å². The first-order valence-electron chi connectivity index (χ1n) is 12.6. The van der Waals surface area contributed by atoms with E-state index in [0.29, 0.717) is 11.2 Å². The summed E-state index contributed by atoms with van der Waals surface area (Å²) in [6.07, 6.45) is 10.8.